The molecule has 0 atom stereocenters. The molecule has 38 heavy (non-hydrogen) atoms. The van der Waals surface area contributed by atoms with Gasteiger partial charge in [0.25, 0.3) is 5.91 Å². The number of benzene rings is 2. The van der Waals surface area contributed by atoms with E-state index in [2.05, 4.69) is 17.0 Å². The van der Waals surface area contributed by atoms with Gasteiger partial charge in [-0.25, -0.2) is 0 Å². The highest BCUT2D eigenvalue weighted by Gasteiger charge is 2.35. The first-order chi connectivity index (χ1) is 18.5. The third-order valence-electron chi connectivity index (χ3n) is 5.93. The lowest BCUT2D eigenvalue weighted by Gasteiger charge is -2.20. The van der Waals surface area contributed by atoms with Crippen LogP contribution in [0.2, 0.25) is 5.02 Å². The molecule has 0 spiro atoms. The van der Waals surface area contributed by atoms with Crippen LogP contribution in [0.4, 0.5) is 0 Å². The zero-order valence-corrected chi connectivity index (χ0v) is 23.1. The molecular formula is C28H31ClN4O4S. The molecule has 0 saturated carbocycles. The third kappa shape index (κ3) is 6.96. The Morgan fingerprint density at radius 3 is 2.53 bits per heavy atom. The van der Waals surface area contributed by atoms with E-state index in [1.807, 2.05) is 24.3 Å². The van der Waals surface area contributed by atoms with Crippen molar-refractivity contribution in [3.63, 3.8) is 0 Å². The predicted octanol–water partition coefficient (Wildman–Crippen LogP) is 6.79. The molecule has 0 fully saturated rings. The van der Waals surface area contributed by atoms with Crippen LogP contribution in [-0.4, -0.2) is 47.3 Å². The van der Waals surface area contributed by atoms with Crippen LogP contribution in [0.5, 0.6) is 17.2 Å². The molecule has 2 aromatic rings. The van der Waals surface area contributed by atoms with Gasteiger partial charge >= 0.3 is 0 Å². The number of nitrogens with one attached hydrogen (secondary N) is 1. The molecule has 1 N–H and O–H groups in total. The minimum Gasteiger partial charge on any atom is -0.493 e. The molecule has 2 heterocycles. The molecule has 4 rings (SSSR count). The Kier molecular flexibility index (Phi) is 9.84. The van der Waals surface area contributed by atoms with Gasteiger partial charge in [0.1, 0.15) is 24.0 Å². The SMILES string of the molecule is CCCCCCCC1=NN2C(=N)/C(=C/c3cc(Cl)ccc3OCCOc3ccccc3OC)C(=O)N=C2S1. The van der Waals surface area contributed by atoms with E-state index in [0.29, 0.717) is 33.0 Å². The number of hydrogen-bond donors (Lipinski definition) is 1. The van der Waals surface area contributed by atoms with Crippen molar-refractivity contribution in [1.82, 2.24) is 5.01 Å². The van der Waals surface area contributed by atoms with Crippen molar-refractivity contribution < 1.29 is 19.0 Å². The molecule has 0 aliphatic carbocycles. The summed E-state index contributed by atoms with van der Waals surface area (Å²) in [4.78, 5) is 17.1. The Bertz CT molecular complexity index is 1280. The first-order valence-electron chi connectivity index (χ1n) is 12.7. The van der Waals surface area contributed by atoms with E-state index in [-0.39, 0.29) is 24.6 Å². The molecular weight excluding hydrogens is 524 g/mol. The molecule has 1 amide bonds. The number of unbranched alkanes of at least 4 members (excludes halogenated alkanes) is 4. The van der Waals surface area contributed by atoms with E-state index in [1.54, 1.807) is 31.4 Å². The average molecular weight is 555 g/mol. The van der Waals surface area contributed by atoms with Gasteiger partial charge in [-0.1, -0.05) is 56.3 Å². The van der Waals surface area contributed by atoms with Crippen LogP contribution >= 0.6 is 23.4 Å². The second kappa shape index (κ2) is 13.5. The van der Waals surface area contributed by atoms with Crippen LogP contribution in [0.15, 0.2) is 58.1 Å². The van der Waals surface area contributed by atoms with Crippen LogP contribution in [-0.2, 0) is 4.79 Å². The highest BCUT2D eigenvalue weighted by atomic mass is 35.5. The summed E-state index contributed by atoms with van der Waals surface area (Å²) >= 11 is 7.61. The van der Waals surface area contributed by atoms with Crippen molar-refractivity contribution in [1.29, 1.82) is 5.41 Å². The lowest BCUT2D eigenvalue weighted by Crippen LogP contribution is -2.35. The van der Waals surface area contributed by atoms with Gasteiger partial charge in [-0.05, 0) is 61.0 Å². The summed E-state index contributed by atoms with van der Waals surface area (Å²) in [6, 6.07) is 12.5. The van der Waals surface area contributed by atoms with Crippen molar-refractivity contribution in [3.05, 3.63) is 58.6 Å². The molecule has 2 aliphatic rings. The lowest BCUT2D eigenvalue weighted by atomic mass is 10.1. The molecule has 0 aromatic heterocycles. The maximum absolute atomic E-state index is 12.9. The molecule has 2 aliphatic heterocycles. The summed E-state index contributed by atoms with van der Waals surface area (Å²) in [5.74, 6) is 1.27. The number of amidine groups is 2. The van der Waals surface area contributed by atoms with E-state index in [9.17, 15) is 4.79 Å². The Morgan fingerprint density at radius 1 is 1.03 bits per heavy atom. The lowest BCUT2D eigenvalue weighted by molar-refractivity contribution is -0.114. The maximum Gasteiger partial charge on any atom is 0.283 e. The molecule has 8 nitrogen and oxygen atoms in total. The first kappa shape index (κ1) is 27.7. The Hall–Kier alpha value is -3.30. The third-order valence-corrected chi connectivity index (χ3v) is 7.13. The largest absolute Gasteiger partial charge is 0.493 e. The standard InChI is InChI=1S/C28H31ClN4O4S/c1-3-4-5-6-7-12-25-32-33-26(30)21(27(34)31-28(33)38-25)18-19-17-20(29)13-14-22(19)36-15-16-37-24-11-9-8-10-23(24)35-2/h8-11,13-14,17-18,30H,3-7,12,15-16H2,1-2H3/b21-18-,30-26?. The molecule has 0 radical (unpaired) electrons. The number of nitrogens with zero attached hydrogens (tertiary/aromatic N) is 3. The van der Waals surface area contributed by atoms with E-state index >= 15 is 0 Å². The maximum atomic E-state index is 12.9. The zero-order chi connectivity index (χ0) is 26.9. The van der Waals surface area contributed by atoms with Crippen molar-refractivity contribution in [3.8, 4) is 17.2 Å². The molecule has 200 valence electrons. The smallest absolute Gasteiger partial charge is 0.283 e. The van der Waals surface area contributed by atoms with Crippen LogP contribution in [0, 0.1) is 5.41 Å². The average Bonchev–Trinajstić information content (AvgIpc) is 3.32. The van der Waals surface area contributed by atoms with Gasteiger partial charge < -0.3 is 14.2 Å². The molecule has 0 saturated heterocycles. The van der Waals surface area contributed by atoms with E-state index in [4.69, 9.17) is 31.2 Å². The minimum absolute atomic E-state index is 0.0149. The Balaban J connectivity index is 1.43. The zero-order valence-electron chi connectivity index (χ0n) is 21.5. The van der Waals surface area contributed by atoms with E-state index < -0.39 is 5.91 Å². The van der Waals surface area contributed by atoms with Crippen molar-refractivity contribution >= 4 is 51.4 Å². The Labute approximate surface area is 232 Å². The number of hydrogen-bond acceptors (Lipinski definition) is 7. The van der Waals surface area contributed by atoms with Gasteiger partial charge in [0.15, 0.2) is 17.3 Å². The summed E-state index contributed by atoms with van der Waals surface area (Å²) in [6.07, 6.45) is 8.20. The van der Waals surface area contributed by atoms with E-state index in [1.165, 1.54) is 36.0 Å². The second-order valence-corrected chi connectivity index (χ2v) is 10.2. The van der Waals surface area contributed by atoms with Gasteiger partial charge in [0, 0.05) is 10.6 Å². The fourth-order valence-corrected chi connectivity index (χ4v) is 5.08. The number of hydrazone groups is 1. The monoisotopic (exact) mass is 554 g/mol. The van der Waals surface area contributed by atoms with Crippen LogP contribution in [0.1, 0.15) is 51.0 Å². The first-order valence-corrected chi connectivity index (χ1v) is 13.9. The number of carbonyl (C=O) groups is 1. The normalized spacial score (nSPS) is 15.9. The van der Waals surface area contributed by atoms with Gasteiger partial charge in [-0.15, -0.1) is 0 Å². The van der Waals surface area contributed by atoms with Gasteiger partial charge in [0.2, 0.25) is 5.17 Å². The number of rotatable bonds is 13. The van der Waals surface area contributed by atoms with Crippen LogP contribution in [0.25, 0.3) is 6.08 Å². The minimum atomic E-state index is -0.487. The number of carbonyl (C=O) groups excluding carboxylic acids is 1. The van der Waals surface area contributed by atoms with Crippen molar-refractivity contribution in [2.24, 2.45) is 10.1 Å². The second-order valence-electron chi connectivity index (χ2n) is 8.71. The van der Waals surface area contributed by atoms with Crippen molar-refractivity contribution in [2.45, 2.75) is 45.4 Å². The summed E-state index contributed by atoms with van der Waals surface area (Å²) in [7, 11) is 1.59. The van der Waals surface area contributed by atoms with Crippen molar-refractivity contribution in [2.75, 3.05) is 20.3 Å². The number of halogens is 1. The predicted molar refractivity (Wildman–Crippen MR) is 154 cm³/mol. The summed E-state index contributed by atoms with van der Waals surface area (Å²) < 4.78 is 17.0. The fourth-order valence-electron chi connectivity index (χ4n) is 3.97. The van der Waals surface area contributed by atoms with Gasteiger partial charge in [-0.2, -0.15) is 15.1 Å². The quantitative estimate of drug-likeness (QED) is 0.216. The van der Waals surface area contributed by atoms with Gasteiger partial charge in [-0.3, -0.25) is 10.2 Å². The van der Waals surface area contributed by atoms with Crippen LogP contribution in [0.3, 0.4) is 0 Å². The number of ether oxygens (including phenoxy) is 3. The summed E-state index contributed by atoms with van der Waals surface area (Å²) in [5, 5.41) is 16.4. The number of fused-ring (bicyclic) bond motifs is 1. The molecule has 2 aromatic carbocycles. The number of aliphatic imine (C=N–C) groups is 1. The van der Waals surface area contributed by atoms with E-state index in [0.717, 1.165) is 24.3 Å². The highest BCUT2D eigenvalue weighted by molar-refractivity contribution is 8.26. The number of thioether (sulfide) groups is 1. The molecule has 10 heteroatoms. The highest BCUT2D eigenvalue weighted by Crippen LogP contribution is 2.32. The summed E-state index contributed by atoms with van der Waals surface area (Å²) in [5.41, 5.74) is 0.688. The van der Waals surface area contributed by atoms with Crippen LogP contribution < -0.4 is 14.2 Å². The number of para-hydroxylation sites is 2. The number of amides is 1. The van der Waals surface area contributed by atoms with Gasteiger partial charge in [0.05, 0.1) is 12.7 Å². The Morgan fingerprint density at radius 2 is 1.76 bits per heavy atom. The fraction of sp³-hybridized carbons (Fsp3) is 0.357. The molecule has 0 unspecified atom stereocenters. The molecule has 0 bridgehead atoms. The topological polar surface area (TPSA) is 96.6 Å². The summed E-state index contributed by atoms with van der Waals surface area (Å²) in [6.45, 7) is 2.72. The number of methoxy groups -OCH3 is 1.